The van der Waals surface area contributed by atoms with Crippen molar-refractivity contribution in [1.82, 2.24) is 4.98 Å². The molecule has 88 valence electrons. The summed E-state index contributed by atoms with van der Waals surface area (Å²) in [5, 5.41) is 10.6. The van der Waals surface area contributed by atoms with Crippen LogP contribution in [0.1, 0.15) is 26.7 Å². The molecule has 0 spiro atoms. The Morgan fingerprint density at radius 2 is 2.31 bits per heavy atom. The van der Waals surface area contributed by atoms with Crippen molar-refractivity contribution >= 4 is 5.69 Å². The van der Waals surface area contributed by atoms with Gasteiger partial charge in [0.15, 0.2) is 0 Å². The van der Waals surface area contributed by atoms with Gasteiger partial charge in [-0.15, -0.1) is 0 Å². The Morgan fingerprint density at radius 1 is 1.56 bits per heavy atom. The van der Waals surface area contributed by atoms with E-state index in [0.29, 0.717) is 12.5 Å². The molecule has 5 heteroatoms. The summed E-state index contributed by atoms with van der Waals surface area (Å²) >= 11 is 0. The van der Waals surface area contributed by atoms with Gasteiger partial charge in [0, 0.05) is 12.3 Å². The maximum atomic E-state index is 10.6. The standard InChI is InChI=1S/C11H16N2O3/c1-9(2)5-4-8-16-11-10(13(14)15)6-3-7-12-11/h3,6-7,9H,4-5,8H2,1-2H3. The van der Waals surface area contributed by atoms with Gasteiger partial charge in [-0.2, -0.15) is 0 Å². The van der Waals surface area contributed by atoms with Crippen molar-refractivity contribution in [2.45, 2.75) is 26.7 Å². The van der Waals surface area contributed by atoms with Crippen LogP contribution in [0, 0.1) is 16.0 Å². The summed E-state index contributed by atoms with van der Waals surface area (Å²) in [5.41, 5.74) is -0.0768. The molecular weight excluding hydrogens is 208 g/mol. The van der Waals surface area contributed by atoms with Crippen molar-refractivity contribution in [3.05, 3.63) is 28.4 Å². The number of hydrogen-bond acceptors (Lipinski definition) is 4. The zero-order valence-corrected chi connectivity index (χ0v) is 9.55. The van der Waals surface area contributed by atoms with Crippen LogP contribution in [-0.2, 0) is 0 Å². The average molecular weight is 224 g/mol. The van der Waals surface area contributed by atoms with Gasteiger partial charge in [0.25, 0.3) is 5.88 Å². The molecule has 0 N–H and O–H groups in total. The molecule has 1 aromatic rings. The normalized spacial score (nSPS) is 10.4. The molecule has 0 aromatic carbocycles. The van der Waals surface area contributed by atoms with Crippen molar-refractivity contribution in [1.29, 1.82) is 0 Å². The van der Waals surface area contributed by atoms with E-state index in [-0.39, 0.29) is 11.6 Å². The van der Waals surface area contributed by atoms with E-state index >= 15 is 0 Å². The lowest BCUT2D eigenvalue weighted by Crippen LogP contribution is -2.03. The number of nitrogens with zero attached hydrogens (tertiary/aromatic N) is 2. The van der Waals surface area contributed by atoms with Crippen molar-refractivity contribution in [2.75, 3.05) is 6.61 Å². The first-order valence-electron chi connectivity index (χ1n) is 5.33. The third-order valence-electron chi connectivity index (χ3n) is 2.11. The van der Waals surface area contributed by atoms with Crippen molar-refractivity contribution in [3.8, 4) is 5.88 Å². The molecule has 1 rings (SSSR count). The Morgan fingerprint density at radius 3 is 2.94 bits per heavy atom. The molecule has 0 unspecified atom stereocenters. The first kappa shape index (κ1) is 12.4. The second kappa shape index (κ2) is 6.05. The van der Waals surface area contributed by atoms with Crippen LogP contribution in [-0.4, -0.2) is 16.5 Å². The molecule has 0 atom stereocenters. The van der Waals surface area contributed by atoms with Gasteiger partial charge in [-0.05, 0) is 24.8 Å². The molecule has 0 saturated heterocycles. The second-order valence-corrected chi connectivity index (χ2v) is 3.97. The summed E-state index contributed by atoms with van der Waals surface area (Å²) in [4.78, 5) is 14.0. The van der Waals surface area contributed by atoms with Crippen LogP contribution < -0.4 is 4.74 Å². The SMILES string of the molecule is CC(C)CCCOc1ncccc1[N+](=O)[O-]. The van der Waals surface area contributed by atoms with Crippen LogP contribution >= 0.6 is 0 Å². The Bertz CT molecular complexity index is 353. The van der Waals surface area contributed by atoms with E-state index in [1.807, 2.05) is 0 Å². The number of pyridine rings is 1. The van der Waals surface area contributed by atoms with Crippen LogP contribution in [0.15, 0.2) is 18.3 Å². The maximum Gasteiger partial charge on any atom is 0.330 e. The number of rotatable bonds is 6. The van der Waals surface area contributed by atoms with Crippen LogP contribution in [0.3, 0.4) is 0 Å². The minimum atomic E-state index is -0.481. The van der Waals surface area contributed by atoms with Gasteiger partial charge in [-0.3, -0.25) is 10.1 Å². The molecule has 0 saturated carbocycles. The quantitative estimate of drug-likeness (QED) is 0.423. The minimum absolute atomic E-state index is 0.0768. The largest absolute Gasteiger partial charge is 0.473 e. The molecule has 1 aromatic heterocycles. The van der Waals surface area contributed by atoms with E-state index in [2.05, 4.69) is 18.8 Å². The van der Waals surface area contributed by atoms with Gasteiger partial charge in [0.05, 0.1) is 11.5 Å². The average Bonchev–Trinajstić information content (AvgIpc) is 2.24. The monoisotopic (exact) mass is 224 g/mol. The van der Waals surface area contributed by atoms with Crippen molar-refractivity contribution in [3.63, 3.8) is 0 Å². The Balaban J connectivity index is 2.50. The summed E-state index contributed by atoms with van der Waals surface area (Å²) in [6.45, 7) is 4.72. The number of aromatic nitrogens is 1. The predicted octanol–water partition coefficient (Wildman–Crippen LogP) is 2.80. The number of ether oxygens (including phenoxy) is 1. The molecule has 0 radical (unpaired) electrons. The molecular formula is C11H16N2O3. The predicted molar refractivity (Wildman–Crippen MR) is 60.5 cm³/mol. The summed E-state index contributed by atoms with van der Waals surface area (Å²) in [6.07, 6.45) is 3.41. The lowest BCUT2D eigenvalue weighted by atomic mass is 10.1. The zero-order chi connectivity index (χ0) is 12.0. The molecule has 0 aliphatic carbocycles. The van der Waals surface area contributed by atoms with E-state index in [0.717, 1.165) is 12.8 Å². The summed E-state index contributed by atoms with van der Waals surface area (Å²) in [5.74, 6) is 0.721. The summed E-state index contributed by atoms with van der Waals surface area (Å²) < 4.78 is 5.30. The highest BCUT2D eigenvalue weighted by molar-refractivity contribution is 5.39. The van der Waals surface area contributed by atoms with Gasteiger partial charge >= 0.3 is 5.69 Å². The highest BCUT2D eigenvalue weighted by Gasteiger charge is 2.14. The summed E-state index contributed by atoms with van der Waals surface area (Å²) in [6, 6.07) is 2.92. The fraction of sp³-hybridized carbons (Fsp3) is 0.545. The first-order chi connectivity index (χ1) is 7.61. The van der Waals surface area contributed by atoms with E-state index in [4.69, 9.17) is 4.74 Å². The minimum Gasteiger partial charge on any atom is -0.473 e. The fourth-order valence-corrected chi connectivity index (χ4v) is 1.29. The van der Waals surface area contributed by atoms with E-state index in [1.165, 1.54) is 18.3 Å². The Labute approximate surface area is 94.6 Å². The van der Waals surface area contributed by atoms with Crippen LogP contribution in [0.5, 0.6) is 5.88 Å². The maximum absolute atomic E-state index is 10.6. The first-order valence-corrected chi connectivity index (χ1v) is 5.33. The van der Waals surface area contributed by atoms with Gasteiger partial charge < -0.3 is 4.74 Å². The highest BCUT2D eigenvalue weighted by Crippen LogP contribution is 2.22. The zero-order valence-electron chi connectivity index (χ0n) is 9.55. The number of nitro groups is 1. The molecule has 0 fully saturated rings. The van der Waals surface area contributed by atoms with E-state index < -0.39 is 4.92 Å². The Hall–Kier alpha value is -1.65. The second-order valence-electron chi connectivity index (χ2n) is 3.97. The molecule has 0 amide bonds. The van der Waals surface area contributed by atoms with Gasteiger partial charge in [-0.1, -0.05) is 13.8 Å². The topological polar surface area (TPSA) is 65.3 Å². The van der Waals surface area contributed by atoms with Crippen molar-refractivity contribution in [2.24, 2.45) is 5.92 Å². The fourth-order valence-electron chi connectivity index (χ4n) is 1.29. The third-order valence-corrected chi connectivity index (χ3v) is 2.11. The molecule has 0 bridgehead atoms. The van der Waals surface area contributed by atoms with E-state index in [1.54, 1.807) is 0 Å². The number of hydrogen-bond donors (Lipinski definition) is 0. The van der Waals surface area contributed by atoms with Gasteiger partial charge in [0.2, 0.25) is 0 Å². The smallest absolute Gasteiger partial charge is 0.330 e. The van der Waals surface area contributed by atoms with Crippen LogP contribution in [0.2, 0.25) is 0 Å². The Kier molecular flexibility index (Phi) is 4.69. The molecule has 5 nitrogen and oxygen atoms in total. The van der Waals surface area contributed by atoms with Crippen LogP contribution in [0.25, 0.3) is 0 Å². The third kappa shape index (κ3) is 3.84. The highest BCUT2D eigenvalue weighted by atomic mass is 16.6. The molecule has 0 aliphatic heterocycles. The molecule has 1 heterocycles. The van der Waals surface area contributed by atoms with Gasteiger partial charge in [0.1, 0.15) is 0 Å². The van der Waals surface area contributed by atoms with Gasteiger partial charge in [-0.25, -0.2) is 4.98 Å². The summed E-state index contributed by atoms with van der Waals surface area (Å²) in [7, 11) is 0. The lowest BCUT2D eigenvalue weighted by molar-refractivity contribution is -0.386. The van der Waals surface area contributed by atoms with E-state index in [9.17, 15) is 10.1 Å². The molecule has 16 heavy (non-hydrogen) atoms. The lowest BCUT2D eigenvalue weighted by Gasteiger charge is -2.06. The van der Waals surface area contributed by atoms with Crippen molar-refractivity contribution < 1.29 is 9.66 Å². The van der Waals surface area contributed by atoms with Crippen LogP contribution in [0.4, 0.5) is 5.69 Å². The molecule has 0 aliphatic rings.